The highest BCUT2D eigenvalue weighted by Crippen LogP contribution is 2.26. The van der Waals surface area contributed by atoms with Gasteiger partial charge in [0.05, 0.1) is 5.52 Å². The van der Waals surface area contributed by atoms with Crippen LogP contribution in [-0.4, -0.2) is 17.1 Å². The molecule has 3 rings (SSSR count). The summed E-state index contributed by atoms with van der Waals surface area (Å²) in [6, 6.07) is 15.6. The Morgan fingerprint density at radius 1 is 1.04 bits per heavy atom. The Morgan fingerprint density at radius 3 is 2.46 bits per heavy atom. The quantitative estimate of drug-likeness (QED) is 0.689. The van der Waals surface area contributed by atoms with E-state index in [1.54, 1.807) is 36.4 Å². The van der Waals surface area contributed by atoms with E-state index in [0.29, 0.717) is 22.4 Å². The predicted octanol–water partition coefficient (Wildman–Crippen LogP) is 4.40. The maximum Gasteiger partial charge on any atom is 0.395 e. The maximum absolute atomic E-state index is 10.7. The third-order valence-electron chi connectivity index (χ3n) is 3.32. The number of rotatable bonds is 5. The van der Waals surface area contributed by atoms with Crippen LogP contribution in [0.4, 0.5) is 0 Å². The van der Waals surface area contributed by atoms with Crippen molar-refractivity contribution in [1.82, 2.24) is 4.98 Å². The summed E-state index contributed by atoms with van der Waals surface area (Å²) in [5.41, 5.74) is 0.777. The summed E-state index contributed by atoms with van der Waals surface area (Å²) in [5.74, 6) is 0.154. The molecule has 0 saturated carbocycles. The molecular formula is C18H13ClNO4. The van der Waals surface area contributed by atoms with Crippen LogP contribution in [0.15, 0.2) is 54.6 Å². The molecule has 0 fully saturated rings. The number of aromatic nitrogens is 1. The molecule has 0 aliphatic carbocycles. The van der Waals surface area contributed by atoms with E-state index in [0.717, 1.165) is 10.9 Å². The van der Waals surface area contributed by atoms with Gasteiger partial charge in [0.1, 0.15) is 11.5 Å². The molecule has 1 heterocycles. The predicted molar refractivity (Wildman–Crippen MR) is 89.1 cm³/mol. The van der Waals surface area contributed by atoms with Gasteiger partial charge in [-0.2, -0.15) is 0 Å². The average molecular weight is 343 g/mol. The molecule has 0 amide bonds. The number of fused-ring (bicyclic) bond motifs is 1. The molecule has 1 atom stereocenters. The number of carbonyl (C=O) groups excluding carboxylic acids is 1. The van der Waals surface area contributed by atoms with Gasteiger partial charge in [-0.1, -0.05) is 11.6 Å². The number of nitrogens with zero attached hydrogens (tertiary/aromatic N) is 1. The minimum absolute atomic E-state index is 0.417. The van der Waals surface area contributed by atoms with Gasteiger partial charge >= 0.3 is 5.97 Å². The van der Waals surface area contributed by atoms with E-state index >= 15 is 0 Å². The molecule has 6 heteroatoms. The fraction of sp³-hybridized carbons (Fsp3) is 0.111. The number of pyridine rings is 1. The van der Waals surface area contributed by atoms with Crippen LogP contribution in [0.3, 0.4) is 0 Å². The SMILES string of the molecule is CC(Oc1ccc(Oc2ccc3cc(Cl)ccc3n2)cc1)C([O])=O. The summed E-state index contributed by atoms with van der Waals surface area (Å²) >= 11 is 5.95. The average Bonchev–Trinajstić information content (AvgIpc) is 2.56. The van der Waals surface area contributed by atoms with Gasteiger partial charge in [-0.05, 0) is 55.5 Å². The number of carbonyl (C=O) groups is 1. The molecule has 0 aliphatic heterocycles. The maximum atomic E-state index is 10.7. The molecule has 0 bridgehead atoms. The van der Waals surface area contributed by atoms with Crippen molar-refractivity contribution in [3.63, 3.8) is 0 Å². The van der Waals surface area contributed by atoms with Gasteiger partial charge in [0.2, 0.25) is 5.88 Å². The summed E-state index contributed by atoms with van der Waals surface area (Å²) in [7, 11) is 0. The highest BCUT2D eigenvalue weighted by atomic mass is 35.5. The van der Waals surface area contributed by atoms with E-state index in [9.17, 15) is 9.90 Å². The Morgan fingerprint density at radius 2 is 1.75 bits per heavy atom. The first kappa shape index (κ1) is 16.1. The molecular weight excluding hydrogens is 330 g/mol. The van der Waals surface area contributed by atoms with E-state index in [1.807, 2.05) is 18.2 Å². The lowest BCUT2D eigenvalue weighted by molar-refractivity contribution is -0.150. The van der Waals surface area contributed by atoms with Crippen LogP contribution < -0.4 is 9.47 Å². The first-order valence-corrected chi connectivity index (χ1v) is 7.61. The number of ether oxygens (including phenoxy) is 2. The minimum Gasteiger partial charge on any atom is -0.479 e. The molecule has 1 aromatic heterocycles. The van der Waals surface area contributed by atoms with Gasteiger partial charge in [-0.3, -0.25) is 0 Å². The van der Waals surface area contributed by atoms with E-state index in [-0.39, 0.29) is 0 Å². The van der Waals surface area contributed by atoms with Crippen LogP contribution >= 0.6 is 11.6 Å². The second-order valence-corrected chi connectivity index (χ2v) is 5.58. The Balaban J connectivity index is 1.74. The molecule has 0 saturated heterocycles. The smallest absolute Gasteiger partial charge is 0.395 e. The molecule has 24 heavy (non-hydrogen) atoms. The number of benzene rings is 2. The molecule has 121 valence electrons. The van der Waals surface area contributed by atoms with Crippen molar-refractivity contribution in [3.05, 3.63) is 59.6 Å². The summed E-state index contributed by atoms with van der Waals surface area (Å²) < 4.78 is 10.9. The Bertz CT molecular complexity index is 880. The normalized spacial score (nSPS) is 11.9. The zero-order valence-corrected chi connectivity index (χ0v) is 13.5. The lowest BCUT2D eigenvalue weighted by Crippen LogP contribution is -2.21. The zero-order chi connectivity index (χ0) is 17.1. The molecule has 0 N–H and O–H groups in total. The zero-order valence-electron chi connectivity index (χ0n) is 12.7. The summed E-state index contributed by atoms with van der Waals surface area (Å²) in [6.45, 7) is 1.41. The second-order valence-electron chi connectivity index (χ2n) is 5.14. The molecule has 5 nitrogen and oxygen atoms in total. The molecule has 2 aromatic carbocycles. The fourth-order valence-corrected chi connectivity index (χ4v) is 2.27. The summed E-state index contributed by atoms with van der Waals surface area (Å²) in [6.07, 6.45) is -1.02. The minimum atomic E-state index is -1.27. The topological polar surface area (TPSA) is 68.3 Å². The van der Waals surface area contributed by atoms with Crippen LogP contribution in [0.1, 0.15) is 6.92 Å². The summed E-state index contributed by atoms with van der Waals surface area (Å²) in [4.78, 5) is 15.1. The van der Waals surface area contributed by atoms with Crippen LogP contribution in [0, 0.1) is 0 Å². The van der Waals surface area contributed by atoms with Crippen molar-refractivity contribution < 1.29 is 19.4 Å². The lowest BCUT2D eigenvalue weighted by Gasteiger charge is -2.10. The van der Waals surface area contributed by atoms with Crippen molar-refractivity contribution in [1.29, 1.82) is 0 Å². The van der Waals surface area contributed by atoms with E-state index in [2.05, 4.69) is 4.98 Å². The summed E-state index contributed by atoms with van der Waals surface area (Å²) in [5, 5.41) is 12.2. The van der Waals surface area contributed by atoms with Crippen LogP contribution in [0.25, 0.3) is 10.9 Å². The third kappa shape index (κ3) is 3.75. The van der Waals surface area contributed by atoms with Gasteiger partial charge in [0.25, 0.3) is 0 Å². The third-order valence-corrected chi connectivity index (χ3v) is 3.55. The highest BCUT2D eigenvalue weighted by molar-refractivity contribution is 6.31. The Kier molecular flexibility index (Phi) is 4.53. The van der Waals surface area contributed by atoms with Crippen molar-refractivity contribution >= 4 is 28.5 Å². The molecule has 1 radical (unpaired) electrons. The van der Waals surface area contributed by atoms with Gasteiger partial charge in [0, 0.05) is 16.5 Å². The van der Waals surface area contributed by atoms with Gasteiger partial charge in [0.15, 0.2) is 6.10 Å². The molecule has 3 aromatic rings. The van der Waals surface area contributed by atoms with Crippen LogP contribution in [0.5, 0.6) is 17.4 Å². The fourth-order valence-electron chi connectivity index (χ4n) is 2.09. The van der Waals surface area contributed by atoms with Gasteiger partial charge in [-0.25, -0.2) is 14.9 Å². The number of hydrogen-bond donors (Lipinski definition) is 0. The van der Waals surface area contributed by atoms with Crippen molar-refractivity contribution in [2.45, 2.75) is 13.0 Å². The van der Waals surface area contributed by atoms with E-state index in [4.69, 9.17) is 21.1 Å². The standard InChI is InChI=1S/C18H13ClNO4/c1-11(18(21)22)23-14-4-6-15(7-5-14)24-17-9-2-12-10-13(19)3-8-16(12)20-17/h2-11H,1H3. The monoisotopic (exact) mass is 342 g/mol. The first-order chi connectivity index (χ1) is 11.5. The van der Waals surface area contributed by atoms with Crippen molar-refractivity contribution in [2.75, 3.05) is 0 Å². The molecule has 0 spiro atoms. The van der Waals surface area contributed by atoms with Crippen molar-refractivity contribution in [2.24, 2.45) is 0 Å². The van der Waals surface area contributed by atoms with Gasteiger partial charge < -0.3 is 9.47 Å². The largest absolute Gasteiger partial charge is 0.479 e. The van der Waals surface area contributed by atoms with Crippen molar-refractivity contribution in [3.8, 4) is 17.4 Å². The number of halogens is 1. The first-order valence-electron chi connectivity index (χ1n) is 7.23. The van der Waals surface area contributed by atoms with Crippen LogP contribution in [0.2, 0.25) is 5.02 Å². The Hall–Kier alpha value is -2.79. The highest BCUT2D eigenvalue weighted by Gasteiger charge is 2.14. The number of hydrogen-bond acceptors (Lipinski definition) is 4. The molecule has 0 aliphatic rings. The second kappa shape index (κ2) is 6.76. The Labute approximate surface area is 143 Å². The lowest BCUT2D eigenvalue weighted by atomic mass is 10.2. The van der Waals surface area contributed by atoms with Gasteiger partial charge in [-0.15, -0.1) is 0 Å². The van der Waals surface area contributed by atoms with E-state index < -0.39 is 12.1 Å². The molecule has 1 unspecified atom stereocenters. The van der Waals surface area contributed by atoms with Crippen LogP contribution in [-0.2, 0) is 9.90 Å². The van der Waals surface area contributed by atoms with E-state index in [1.165, 1.54) is 6.92 Å².